The molecule has 4 rings (SSSR count). The molecule has 1 unspecified atom stereocenters. The Hall–Kier alpha value is -3.12. The van der Waals surface area contributed by atoms with E-state index in [-0.39, 0.29) is 18.9 Å². The molecule has 3 aromatic rings. The number of hydrogen-bond donors (Lipinski definition) is 0. The lowest BCUT2D eigenvalue weighted by Gasteiger charge is -2.16. The van der Waals surface area contributed by atoms with Gasteiger partial charge in [0.2, 0.25) is 6.79 Å². The molecule has 0 N–H and O–H groups in total. The normalized spacial score (nSPS) is 13.0. The van der Waals surface area contributed by atoms with Crippen molar-refractivity contribution < 1.29 is 23.7 Å². The van der Waals surface area contributed by atoms with E-state index >= 15 is 0 Å². The summed E-state index contributed by atoms with van der Waals surface area (Å²) in [4.78, 5) is 11.3. The van der Waals surface area contributed by atoms with Crippen LogP contribution >= 0.6 is 11.8 Å². The van der Waals surface area contributed by atoms with Crippen LogP contribution in [0.15, 0.2) is 66.7 Å². The van der Waals surface area contributed by atoms with Crippen molar-refractivity contribution in [2.45, 2.75) is 18.8 Å². The van der Waals surface area contributed by atoms with E-state index in [1.807, 2.05) is 49.4 Å². The van der Waals surface area contributed by atoms with Crippen LogP contribution in [0.25, 0.3) is 11.1 Å². The van der Waals surface area contributed by atoms with Crippen LogP contribution in [-0.4, -0.2) is 25.6 Å². The Kier molecular flexibility index (Phi) is 6.67. The van der Waals surface area contributed by atoms with E-state index in [1.165, 1.54) is 18.9 Å². The Morgan fingerprint density at radius 3 is 2.68 bits per heavy atom. The van der Waals surface area contributed by atoms with Crippen LogP contribution in [0.3, 0.4) is 0 Å². The quantitative estimate of drug-likeness (QED) is 0.427. The number of thioether (sulfide) groups is 1. The lowest BCUT2D eigenvalue weighted by Crippen LogP contribution is -2.04. The second kappa shape index (κ2) is 9.79. The van der Waals surface area contributed by atoms with Gasteiger partial charge in [0, 0.05) is 11.3 Å². The van der Waals surface area contributed by atoms with Crippen molar-refractivity contribution in [2.75, 3.05) is 19.7 Å². The van der Waals surface area contributed by atoms with Gasteiger partial charge in [-0.2, -0.15) is 0 Å². The van der Waals surface area contributed by atoms with Gasteiger partial charge in [-0.15, -0.1) is 11.8 Å². The molecular weight excluding hydrogens is 412 g/mol. The van der Waals surface area contributed by atoms with E-state index in [0.29, 0.717) is 5.75 Å². The van der Waals surface area contributed by atoms with Crippen LogP contribution in [0, 0.1) is 0 Å². The number of para-hydroxylation sites is 1. The van der Waals surface area contributed by atoms with Crippen molar-refractivity contribution in [1.82, 2.24) is 0 Å². The molecule has 0 amide bonds. The molecule has 1 aliphatic heterocycles. The molecule has 1 aliphatic rings. The predicted molar refractivity (Wildman–Crippen MR) is 122 cm³/mol. The molecule has 0 fully saturated rings. The lowest BCUT2D eigenvalue weighted by molar-refractivity contribution is -0.137. The third kappa shape index (κ3) is 5.14. The number of rotatable bonds is 8. The van der Waals surface area contributed by atoms with E-state index in [2.05, 4.69) is 29.0 Å². The summed E-state index contributed by atoms with van der Waals surface area (Å²) < 4.78 is 21.9. The van der Waals surface area contributed by atoms with Gasteiger partial charge < -0.3 is 18.9 Å². The first kappa shape index (κ1) is 21.1. The summed E-state index contributed by atoms with van der Waals surface area (Å²) in [6.45, 7) is 2.29. The fraction of sp³-hybridized carbons (Fsp3) is 0.240. The minimum Gasteiger partial charge on any atom is -0.486 e. The number of methoxy groups -OCH3 is 1. The summed E-state index contributed by atoms with van der Waals surface area (Å²) in [6, 6.07) is 22.2. The van der Waals surface area contributed by atoms with Gasteiger partial charge in [-0.3, -0.25) is 4.79 Å². The number of ether oxygens (including phenoxy) is 4. The average molecular weight is 437 g/mol. The first-order valence-corrected chi connectivity index (χ1v) is 11.2. The molecule has 6 heteroatoms. The number of fused-ring (bicyclic) bond motifs is 1. The van der Waals surface area contributed by atoms with Crippen molar-refractivity contribution in [3.8, 4) is 28.4 Å². The topological polar surface area (TPSA) is 54.0 Å². The van der Waals surface area contributed by atoms with Crippen LogP contribution < -0.4 is 14.2 Å². The first-order valence-electron chi connectivity index (χ1n) is 10.0. The summed E-state index contributed by atoms with van der Waals surface area (Å²) in [7, 11) is 1.40. The number of esters is 1. The standard InChI is InChI=1S/C25H24O5S/c1-17(30-21-6-3-5-18(13-21)14-31-15-24(26)27-2)19-9-11-20(12-10-19)22-7-4-8-23-25(22)29-16-28-23/h3-13,17H,14-16H2,1-2H3. The maximum atomic E-state index is 11.3. The first-order chi connectivity index (χ1) is 15.1. The highest BCUT2D eigenvalue weighted by Gasteiger charge is 2.18. The van der Waals surface area contributed by atoms with Crippen LogP contribution in [0.4, 0.5) is 0 Å². The van der Waals surface area contributed by atoms with Crippen molar-refractivity contribution in [3.63, 3.8) is 0 Å². The van der Waals surface area contributed by atoms with Crippen molar-refractivity contribution >= 4 is 17.7 Å². The Morgan fingerprint density at radius 1 is 1.06 bits per heavy atom. The molecule has 0 radical (unpaired) electrons. The molecule has 0 aromatic heterocycles. The summed E-state index contributed by atoms with van der Waals surface area (Å²) in [5, 5.41) is 0. The van der Waals surface area contributed by atoms with E-state index in [9.17, 15) is 4.79 Å². The second-order valence-electron chi connectivity index (χ2n) is 7.14. The molecule has 160 valence electrons. The zero-order valence-corrected chi connectivity index (χ0v) is 18.3. The SMILES string of the molecule is COC(=O)CSCc1cccc(OC(C)c2ccc(-c3cccc4c3OCO4)cc2)c1. The average Bonchev–Trinajstić information content (AvgIpc) is 3.28. The van der Waals surface area contributed by atoms with E-state index in [0.717, 1.165) is 45.3 Å². The van der Waals surface area contributed by atoms with Crippen LogP contribution in [0.2, 0.25) is 0 Å². The summed E-state index contributed by atoms with van der Waals surface area (Å²) in [5.41, 5.74) is 4.28. The molecule has 0 saturated carbocycles. The molecule has 31 heavy (non-hydrogen) atoms. The maximum Gasteiger partial charge on any atom is 0.315 e. The predicted octanol–water partition coefficient (Wildman–Crippen LogP) is 5.63. The monoisotopic (exact) mass is 436 g/mol. The van der Waals surface area contributed by atoms with Gasteiger partial charge in [0.15, 0.2) is 11.5 Å². The van der Waals surface area contributed by atoms with Gasteiger partial charge >= 0.3 is 5.97 Å². The zero-order chi connectivity index (χ0) is 21.6. The highest BCUT2D eigenvalue weighted by Crippen LogP contribution is 2.41. The van der Waals surface area contributed by atoms with Crippen molar-refractivity contribution in [1.29, 1.82) is 0 Å². The molecule has 0 bridgehead atoms. The van der Waals surface area contributed by atoms with Crippen LogP contribution in [0.5, 0.6) is 17.2 Å². The number of carbonyl (C=O) groups is 1. The minimum atomic E-state index is -0.214. The number of hydrogen-bond acceptors (Lipinski definition) is 6. The molecule has 0 aliphatic carbocycles. The van der Waals surface area contributed by atoms with E-state index < -0.39 is 0 Å². The third-order valence-electron chi connectivity index (χ3n) is 5.02. The summed E-state index contributed by atoms with van der Waals surface area (Å²) in [6.07, 6.45) is -0.104. The van der Waals surface area contributed by atoms with E-state index in [1.54, 1.807) is 0 Å². The highest BCUT2D eigenvalue weighted by molar-refractivity contribution is 7.99. The maximum absolute atomic E-state index is 11.3. The third-order valence-corrected chi connectivity index (χ3v) is 5.99. The van der Waals surface area contributed by atoms with Crippen molar-refractivity contribution in [3.05, 3.63) is 77.9 Å². The van der Waals surface area contributed by atoms with Gasteiger partial charge in [0.05, 0.1) is 12.9 Å². The molecule has 5 nitrogen and oxygen atoms in total. The number of carbonyl (C=O) groups excluding carboxylic acids is 1. The summed E-state index contributed by atoms with van der Waals surface area (Å²) >= 11 is 1.52. The van der Waals surface area contributed by atoms with Gasteiger partial charge in [-0.1, -0.05) is 48.5 Å². The second-order valence-corrected chi connectivity index (χ2v) is 8.12. The van der Waals surface area contributed by atoms with E-state index in [4.69, 9.17) is 14.2 Å². The molecular formula is C25H24O5S. The molecule has 1 heterocycles. The Bertz CT molecular complexity index is 1050. The minimum absolute atomic E-state index is 0.104. The molecule has 0 spiro atoms. The van der Waals surface area contributed by atoms with Gasteiger partial charge in [0.1, 0.15) is 11.9 Å². The fourth-order valence-electron chi connectivity index (χ4n) is 3.38. The molecule has 0 saturated heterocycles. The number of benzene rings is 3. The smallest absolute Gasteiger partial charge is 0.315 e. The van der Waals surface area contributed by atoms with Gasteiger partial charge in [-0.25, -0.2) is 0 Å². The van der Waals surface area contributed by atoms with Crippen LogP contribution in [-0.2, 0) is 15.3 Å². The Balaban J connectivity index is 1.40. The zero-order valence-electron chi connectivity index (χ0n) is 17.5. The highest BCUT2D eigenvalue weighted by atomic mass is 32.2. The van der Waals surface area contributed by atoms with Crippen LogP contribution in [0.1, 0.15) is 24.2 Å². The van der Waals surface area contributed by atoms with Gasteiger partial charge in [-0.05, 0) is 41.8 Å². The fourth-order valence-corrected chi connectivity index (χ4v) is 4.18. The molecule has 1 atom stereocenters. The summed E-state index contributed by atoms with van der Waals surface area (Å²) in [5.74, 6) is 3.23. The Labute approximate surface area is 186 Å². The lowest BCUT2D eigenvalue weighted by atomic mass is 10.0. The molecule has 3 aromatic carbocycles. The van der Waals surface area contributed by atoms with Gasteiger partial charge in [0.25, 0.3) is 0 Å². The Morgan fingerprint density at radius 2 is 1.87 bits per heavy atom. The largest absolute Gasteiger partial charge is 0.486 e. The van der Waals surface area contributed by atoms with Crippen molar-refractivity contribution in [2.24, 2.45) is 0 Å².